The second kappa shape index (κ2) is 11.6. The number of pyridine rings is 1. The van der Waals surface area contributed by atoms with Gasteiger partial charge in [0.1, 0.15) is 11.4 Å². The SMILES string of the molecule is COc1cc(/C=N\NC(=O)Cn2c3ccccc3c(=O)c3ccccc32)cc(Br)c1OS(=O)(=O)c1ccc(C)cc1. The lowest BCUT2D eigenvalue weighted by atomic mass is 10.1. The third-order valence-corrected chi connectivity index (χ3v) is 8.16. The van der Waals surface area contributed by atoms with Crippen molar-refractivity contribution in [2.24, 2.45) is 5.10 Å². The van der Waals surface area contributed by atoms with E-state index in [0.717, 1.165) is 5.56 Å². The number of para-hydroxylation sites is 2. The average Bonchev–Trinajstić information content (AvgIpc) is 2.96. The molecule has 0 unspecified atom stereocenters. The van der Waals surface area contributed by atoms with Crippen LogP contribution >= 0.6 is 15.9 Å². The molecule has 0 bridgehead atoms. The van der Waals surface area contributed by atoms with Gasteiger partial charge in [0, 0.05) is 10.8 Å². The Kier molecular flexibility index (Phi) is 7.91. The Morgan fingerprint density at radius 1 is 0.976 bits per heavy atom. The third kappa shape index (κ3) is 5.86. The molecular formula is C30H24BrN3O6S. The maximum atomic E-state index is 12.9. The van der Waals surface area contributed by atoms with E-state index < -0.39 is 16.0 Å². The fraction of sp³-hybridized carbons (Fsp3) is 0.100. The molecule has 0 spiro atoms. The number of nitrogens with zero attached hydrogens (tertiary/aromatic N) is 2. The standard InChI is InChI=1S/C30H24BrN3O6S/c1-19-11-13-21(14-12-19)41(37,38)40-30-24(31)15-20(16-27(30)39-2)17-32-33-28(35)18-34-25-9-5-3-7-22(25)29(36)23-8-4-6-10-26(23)34/h3-17H,18H2,1-2H3,(H,33,35)/b32-17-. The van der Waals surface area contributed by atoms with Crippen LogP contribution in [-0.4, -0.2) is 32.2 Å². The minimum Gasteiger partial charge on any atom is -0.493 e. The van der Waals surface area contributed by atoms with Gasteiger partial charge < -0.3 is 13.5 Å². The van der Waals surface area contributed by atoms with Crippen molar-refractivity contribution in [3.8, 4) is 11.5 Å². The zero-order chi connectivity index (χ0) is 29.1. The molecular weight excluding hydrogens is 610 g/mol. The number of methoxy groups -OCH3 is 1. The van der Waals surface area contributed by atoms with Gasteiger partial charge in [0.25, 0.3) is 5.91 Å². The van der Waals surface area contributed by atoms with Crippen molar-refractivity contribution in [3.63, 3.8) is 0 Å². The molecule has 41 heavy (non-hydrogen) atoms. The Hall–Kier alpha value is -4.48. The molecule has 208 valence electrons. The second-order valence-electron chi connectivity index (χ2n) is 9.13. The van der Waals surface area contributed by atoms with Crippen LogP contribution < -0.4 is 19.8 Å². The Morgan fingerprint density at radius 2 is 1.59 bits per heavy atom. The first kappa shape index (κ1) is 28.1. The predicted molar refractivity (Wildman–Crippen MR) is 161 cm³/mol. The average molecular weight is 635 g/mol. The van der Waals surface area contributed by atoms with Gasteiger partial charge in [-0.15, -0.1) is 0 Å². The number of nitrogens with one attached hydrogen (secondary N) is 1. The zero-order valence-electron chi connectivity index (χ0n) is 22.0. The molecule has 5 aromatic rings. The third-order valence-electron chi connectivity index (χ3n) is 6.34. The normalized spacial score (nSPS) is 11.7. The lowest BCUT2D eigenvalue weighted by Gasteiger charge is -2.14. The minimum absolute atomic E-state index is 0.00808. The molecule has 0 aliphatic carbocycles. The van der Waals surface area contributed by atoms with E-state index in [-0.39, 0.29) is 28.4 Å². The van der Waals surface area contributed by atoms with Crippen molar-refractivity contribution < 1.29 is 22.1 Å². The van der Waals surface area contributed by atoms with Crippen molar-refractivity contribution in [1.29, 1.82) is 0 Å². The molecule has 0 atom stereocenters. The lowest BCUT2D eigenvalue weighted by Crippen LogP contribution is -2.25. The van der Waals surface area contributed by atoms with Crippen molar-refractivity contribution in [2.45, 2.75) is 18.4 Å². The number of rotatable bonds is 8. The fourth-order valence-corrected chi connectivity index (χ4v) is 5.97. The Bertz CT molecular complexity index is 1930. The summed E-state index contributed by atoms with van der Waals surface area (Å²) in [5.41, 5.74) is 5.12. The van der Waals surface area contributed by atoms with Crippen LogP contribution in [-0.2, 0) is 21.5 Å². The van der Waals surface area contributed by atoms with Crippen LogP contribution in [0.1, 0.15) is 11.1 Å². The summed E-state index contributed by atoms with van der Waals surface area (Å²) >= 11 is 3.35. The van der Waals surface area contributed by atoms with Crippen LogP contribution in [0.5, 0.6) is 11.5 Å². The summed E-state index contributed by atoms with van der Waals surface area (Å²) in [5.74, 6) is -0.282. The number of hydrazone groups is 1. The summed E-state index contributed by atoms with van der Waals surface area (Å²) in [6, 6.07) is 23.7. The van der Waals surface area contributed by atoms with E-state index in [1.165, 1.54) is 31.5 Å². The Balaban J connectivity index is 1.36. The summed E-state index contributed by atoms with van der Waals surface area (Å²) in [7, 11) is -2.73. The van der Waals surface area contributed by atoms with Crippen molar-refractivity contribution >= 4 is 60.0 Å². The summed E-state index contributed by atoms with van der Waals surface area (Å²) in [6.07, 6.45) is 1.39. The largest absolute Gasteiger partial charge is 0.493 e. The van der Waals surface area contributed by atoms with Crippen molar-refractivity contribution in [1.82, 2.24) is 9.99 Å². The summed E-state index contributed by atoms with van der Waals surface area (Å²) in [4.78, 5) is 25.8. The van der Waals surface area contributed by atoms with Crippen LogP contribution in [0.2, 0.25) is 0 Å². The first-order valence-corrected chi connectivity index (χ1v) is 14.6. The number of hydrogen-bond donors (Lipinski definition) is 1. The summed E-state index contributed by atoms with van der Waals surface area (Å²) in [5, 5.41) is 5.10. The number of aromatic nitrogens is 1. The second-order valence-corrected chi connectivity index (χ2v) is 11.5. The maximum Gasteiger partial charge on any atom is 0.339 e. The van der Waals surface area contributed by atoms with E-state index in [9.17, 15) is 18.0 Å². The molecule has 11 heteroatoms. The Morgan fingerprint density at radius 3 is 2.20 bits per heavy atom. The quantitative estimate of drug-likeness (QED) is 0.109. The van der Waals surface area contributed by atoms with Gasteiger partial charge in [0.2, 0.25) is 0 Å². The molecule has 0 radical (unpaired) electrons. The van der Waals surface area contributed by atoms with E-state index >= 15 is 0 Å². The zero-order valence-corrected chi connectivity index (χ0v) is 24.4. The number of aryl methyl sites for hydroxylation is 1. The highest BCUT2D eigenvalue weighted by atomic mass is 79.9. The number of ether oxygens (including phenoxy) is 1. The number of carbonyl (C=O) groups is 1. The number of benzene rings is 4. The number of halogens is 1. The van der Waals surface area contributed by atoms with E-state index in [1.54, 1.807) is 59.2 Å². The highest BCUT2D eigenvalue weighted by Gasteiger charge is 2.22. The molecule has 0 saturated heterocycles. The number of amides is 1. The number of hydrogen-bond acceptors (Lipinski definition) is 7. The molecule has 1 aromatic heterocycles. The molecule has 0 fully saturated rings. The molecule has 1 N–H and O–H groups in total. The molecule has 4 aromatic carbocycles. The van der Waals surface area contributed by atoms with E-state index in [2.05, 4.69) is 26.5 Å². The molecule has 5 rings (SSSR count). The maximum absolute atomic E-state index is 12.9. The van der Waals surface area contributed by atoms with Crippen molar-refractivity contribution in [3.05, 3.63) is 111 Å². The highest BCUT2D eigenvalue weighted by molar-refractivity contribution is 9.10. The minimum atomic E-state index is -4.11. The smallest absolute Gasteiger partial charge is 0.339 e. The summed E-state index contributed by atoms with van der Waals surface area (Å²) < 4.78 is 38.5. The first-order valence-electron chi connectivity index (χ1n) is 12.4. The van der Waals surface area contributed by atoms with Gasteiger partial charge in [-0.25, -0.2) is 5.43 Å². The van der Waals surface area contributed by atoms with Gasteiger partial charge in [-0.1, -0.05) is 42.0 Å². The van der Waals surface area contributed by atoms with Crippen LogP contribution in [0.4, 0.5) is 0 Å². The lowest BCUT2D eigenvalue weighted by molar-refractivity contribution is -0.121. The first-order chi connectivity index (χ1) is 19.7. The van der Waals surface area contributed by atoms with Crippen LogP contribution in [0, 0.1) is 6.92 Å². The summed E-state index contributed by atoms with van der Waals surface area (Å²) in [6.45, 7) is 1.78. The topological polar surface area (TPSA) is 116 Å². The van der Waals surface area contributed by atoms with E-state index in [4.69, 9.17) is 8.92 Å². The molecule has 0 aliphatic rings. The molecule has 1 heterocycles. The molecule has 9 nitrogen and oxygen atoms in total. The predicted octanol–water partition coefficient (Wildman–Crippen LogP) is 5.15. The van der Waals surface area contributed by atoms with Gasteiger partial charge in [0.15, 0.2) is 16.9 Å². The molecule has 0 aliphatic heterocycles. The van der Waals surface area contributed by atoms with Crippen LogP contribution in [0.25, 0.3) is 21.8 Å². The molecule has 1 amide bonds. The van der Waals surface area contributed by atoms with Crippen LogP contribution in [0.15, 0.2) is 104 Å². The van der Waals surface area contributed by atoms with E-state index in [1.807, 2.05) is 19.1 Å². The van der Waals surface area contributed by atoms with Gasteiger partial charge in [-0.2, -0.15) is 13.5 Å². The van der Waals surface area contributed by atoms with Crippen LogP contribution in [0.3, 0.4) is 0 Å². The highest BCUT2D eigenvalue weighted by Crippen LogP contribution is 2.38. The fourth-order valence-electron chi connectivity index (χ4n) is 4.36. The van der Waals surface area contributed by atoms with Gasteiger partial charge in [-0.3, -0.25) is 9.59 Å². The number of fused-ring (bicyclic) bond motifs is 2. The van der Waals surface area contributed by atoms with Gasteiger partial charge in [0.05, 0.1) is 28.8 Å². The van der Waals surface area contributed by atoms with Crippen molar-refractivity contribution in [2.75, 3.05) is 7.11 Å². The Labute approximate surface area is 244 Å². The van der Waals surface area contributed by atoms with Gasteiger partial charge >= 0.3 is 10.1 Å². The van der Waals surface area contributed by atoms with E-state index in [0.29, 0.717) is 31.8 Å². The number of carbonyl (C=O) groups excluding carboxylic acids is 1. The molecule has 0 saturated carbocycles. The monoisotopic (exact) mass is 633 g/mol. The van der Waals surface area contributed by atoms with Gasteiger partial charge in [-0.05, 0) is 76.9 Å².